The standard InChI is InChI=1S/C10H21NO2S2.C4H9N.H2/c1-3-5-9(4-2)8-15-14-7-6-13-10(11)12;1-2-4-5-3-1;/h9H,3-8H2,1-2H3,(H2,11,12);5H,1-4H2;1H/t9-;;/m0../s1. The van der Waals surface area contributed by atoms with Crippen molar-refractivity contribution in [3.05, 3.63) is 0 Å². The first-order valence-electron chi connectivity index (χ1n) is 7.58. The van der Waals surface area contributed by atoms with Crippen LogP contribution in [-0.4, -0.2) is 37.3 Å². The van der Waals surface area contributed by atoms with E-state index < -0.39 is 6.09 Å². The molecule has 0 aromatic heterocycles. The Kier molecular flexibility index (Phi) is 15.3. The van der Waals surface area contributed by atoms with Crippen molar-refractivity contribution < 1.29 is 11.0 Å². The first-order chi connectivity index (χ1) is 9.70. The van der Waals surface area contributed by atoms with E-state index in [1.54, 1.807) is 10.8 Å². The molecular weight excluding hydrogens is 292 g/mol. The highest BCUT2D eigenvalue weighted by molar-refractivity contribution is 8.76. The average Bonchev–Trinajstić information content (AvgIpc) is 3.00. The SMILES string of the molecule is C1CCNC1.CCC[C@H](CC)CSSCCOC(N)=O.[HH]. The molecule has 122 valence electrons. The summed E-state index contributed by atoms with van der Waals surface area (Å²) in [5, 5.41) is 3.22. The molecule has 0 unspecified atom stereocenters. The Hall–Kier alpha value is -0.0700. The molecule has 0 spiro atoms. The highest BCUT2D eigenvalue weighted by atomic mass is 33.1. The van der Waals surface area contributed by atoms with Gasteiger partial charge in [-0.3, -0.25) is 0 Å². The van der Waals surface area contributed by atoms with Crippen LogP contribution in [0.2, 0.25) is 0 Å². The summed E-state index contributed by atoms with van der Waals surface area (Å²) >= 11 is 0. The first kappa shape index (κ1) is 19.9. The van der Waals surface area contributed by atoms with Crippen LogP contribution in [0.15, 0.2) is 0 Å². The Morgan fingerprint density at radius 1 is 1.35 bits per heavy atom. The van der Waals surface area contributed by atoms with Crippen LogP contribution in [-0.2, 0) is 4.74 Å². The molecule has 0 aromatic rings. The van der Waals surface area contributed by atoms with E-state index >= 15 is 0 Å². The summed E-state index contributed by atoms with van der Waals surface area (Å²) in [4.78, 5) is 10.3. The third-order valence-electron chi connectivity index (χ3n) is 3.03. The van der Waals surface area contributed by atoms with Gasteiger partial charge >= 0.3 is 6.09 Å². The highest BCUT2D eigenvalue weighted by Gasteiger charge is 2.05. The van der Waals surface area contributed by atoms with Crippen molar-refractivity contribution in [2.75, 3.05) is 31.2 Å². The molecule has 1 amide bonds. The van der Waals surface area contributed by atoms with Gasteiger partial charge in [0.25, 0.3) is 0 Å². The molecule has 1 atom stereocenters. The fourth-order valence-corrected chi connectivity index (χ4v) is 4.20. The zero-order chi connectivity index (χ0) is 15.1. The largest absolute Gasteiger partial charge is 0.449 e. The Labute approximate surface area is 133 Å². The quantitative estimate of drug-likeness (QED) is 0.497. The van der Waals surface area contributed by atoms with Crippen molar-refractivity contribution in [1.29, 1.82) is 0 Å². The lowest BCUT2D eigenvalue weighted by Crippen LogP contribution is -2.14. The number of hydrogen-bond acceptors (Lipinski definition) is 5. The summed E-state index contributed by atoms with van der Waals surface area (Å²) < 4.78 is 4.63. The summed E-state index contributed by atoms with van der Waals surface area (Å²) in [5.41, 5.74) is 4.84. The monoisotopic (exact) mass is 324 g/mol. The van der Waals surface area contributed by atoms with E-state index in [4.69, 9.17) is 5.73 Å². The van der Waals surface area contributed by atoms with E-state index in [9.17, 15) is 4.79 Å². The van der Waals surface area contributed by atoms with E-state index in [0.29, 0.717) is 6.61 Å². The molecule has 0 aromatic carbocycles. The second-order valence-corrected chi connectivity index (χ2v) is 7.42. The minimum absolute atomic E-state index is 0. The highest BCUT2D eigenvalue weighted by Crippen LogP contribution is 2.26. The lowest BCUT2D eigenvalue weighted by Gasteiger charge is -2.12. The van der Waals surface area contributed by atoms with Gasteiger partial charge in [0.15, 0.2) is 0 Å². The Bertz CT molecular complexity index is 225. The molecule has 0 aliphatic carbocycles. The molecule has 1 saturated heterocycles. The fourth-order valence-electron chi connectivity index (χ4n) is 1.82. The van der Waals surface area contributed by atoms with Crippen molar-refractivity contribution in [2.45, 2.75) is 46.0 Å². The van der Waals surface area contributed by atoms with Gasteiger partial charge in [0.1, 0.15) is 6.61 Å². The summed E-state index contributed by atoms with van der Waals surface area (Å²) in [7, 11) is 3.61. The maximum atomic E-state index is 10.3. The van der Waals surface area contributed by atoms with Crippen LogP contribution in [0.4, 0.5) is 4.79 Å². The average molecular weight is 325 g/mol. The van der Waals surface area contributed by atoms with E-state index in [1.165, 1.54) is 50.9 Å². The second-order valence-electron chi connectivity index (χ2n) is 4.79. The Morgan fingerprint density at radius 3 is 2.50 bits per heavy atom. The number of carbonyl (C=O) groups is 1. The topological polar surface area (TPSA) is 64.3 Å². The lowest BCUT2D eigenvalue weighted by atomic mass is 10.0. The predicted octanol–water partition coefficient (Wildman–Crippen LogP) is 3.91. The molecule has 1 rings (SSSR count). The van der Waals surface area contributed by atoms with Crippen LogP contribution < -0.4 is 11.1 Å². The molecule has 20 heavy (non-hydrogen) atoms. The molecule has 6 heteroatoms. The minimum Gasteiger partial charge on any atom is -0.449 e. The van der Waals surface area contributed by atoms with E-state index in [-0.39, 0.29) is 1.43 Å². The van der Waals surface area contributed by atoms with Crippen LogP contribution >= 0.6 is 21.6 Å². The fraction of sp³-hybridized carbons (Fsp3) is 0.929. The molecule has 1 fully saturated rings. The minimum atomic E-state index is -0.682. The zero-order valence-electron chi connectivity index (χ0n) is 12.9. The summed E-state index contributed by atoms with van der Waals surface area (Å²) in [6.45, 7) is 7.38. The van der Waals surface area contributed by atoms with E-state index in [2.05, 4.69) is 23.9 Å². The molecule has 1 aliphatic rings. The summed E-state index contributed by atoms with van der Waals surface area (Å²) in [6.07, 6.45) is 5.91. The smallest absolute Gasteiger partial charge is 0.404 e. The van der Waals surface area contributed by atoms with Crippen molar-refractivity contribution >= 4 is 27.7 Å². The van der Waals surface area contributed by atoms with Gasteiger partial charge in [-0.2, -0.15) is 0 Å². The van der Waals surface area contributed by atoms with Crippen molar-refractivity contribution in [3.8, 4) is 0 Å². The van der Waals surface area contributed by atoms with Gasteiger partial charge in [-0.15, -0.1) is 0 Å². The Morgan fingerprint density at radius 2 is 2.05 bits per heavy atom. The first-order valence-corrected chi connectivity index (χ1v) is 10.1. The number of primary amides is 1. The number of nitrogens with one attached hydrogen (secondary N) is 1. The van der Waals surface area contributed by atoms with Gasteiger partial charge in [0.2, 0.25) is 0 Å². The maximum absolute atomic E-state index is 10.3. The lowest BCUT2D eigenvalue weighted by molar-refractivity contribution is 0.164. The Balaban J connectivity index is 0. The summed E-state index contributed by atoms with van der Waals surface area (Å²) in [6, 6.07) is 0. The molecule has 3 N–H and O–H groups in total. The third-order valence-corrected chi connectivity index (χ3v) is 5.55. The molecule has 4 nitrogen and oxygen atoms in total. The van der Waals surface area contributed by atoms with Crippen LogP contribution in [0.5, 0.6) is 0 Å². The second kappa shape index (κ2) is 15.3. The van der Waals surface area contributed by atoms with Crippen LogP contribution in [0.1, 0.15) is 47.4 Å². The zero-order valence-corrected chi connectivity index (χ0v) is 14.5. The van der Waals surface area contributed by atoms with Gasteiger partial charge in [0, 0.05) is 12.9 Å². The van der Waals surface area contributed by atoms with Gasteiger partial charge in [-0.1, -0.05) is 48.3 Å². The normalized spacial score (nSPS) is 15.3. The van der Waals surface area contributed by atoms with E-state index in [0.717, 1.165) is 11.7 Å². The molecular formula is C14H32N2O2S2. The number of nitrogens with two attached hydrogens (primary N) is 1. The number of ether oxygens (including phenoxy) is 1. The van der Waals surface area contributed by atoms with Crippen LogP contribution in [0.3, 0.4) is 0 Å². The van der Waals surface area contributed by atoms with E-state index in [1.807, 2.05) is 10.8 Å². The van der Waals surface area contributed by atoms with Crippen LogP contribution in [0.25, 0.3) is 0 Å². The molecule has 0 saturated carbocycles. The van der Waals surface area contributed by atoms with Crippen molar-refractivity contribution in [2.24, 2.45) is 11.7 Å². The number of carbonyl (C=O) groups excluding carboxylic acids is 1. The number of hydrogen-bond donors (Lipinski definition) is 2. The van der Waals surface area contributed by atoms with Gasteiger partial charge < -0.3 is 15.8 Å². The molecule has 0 radical (unpaired) electrons. The molecule has 1 heterocycles. The molecule has 0 bridgehead atoms. The number of rotatable bonds is 9. The third kappa shape index (κ3) is 14.3. The van der Waals surface area contributed by atoms with Gasteiger partial charge in [-0.05, 0) is 38.3 Å². The van der Waals surface area contributed by atoms with Gasteiger partial charge in [-0.25, -0.2) is 4.79 Å². The predicted molar refractivity (Wildman–Crippen MR) is 93.4 cm³/mol. The van der Waals surface area contributed by atoms with Crippen molar-refractivity contribution in [3.63, 3.8) is 0 Å². The molecule has 1 aliphatic heterocycles. The van der Waals surface area contributed by atoms with Crippen molar-refractivity contribution in [1.82, 2.24) is 5.32 Å². The maximum Gasteiger partial charge on any atom is 0.404 e. The van der Waals surface area contributed by atoms with Crippen LogP contribution in [0, 0.1) is 5.92 Å². The summed E-state index contributed by atoms with van der Waals surface area (Å²) in [5.74, 6) is 2.83. The number of amides is 1. The van der Waals surface area contributed by atoms with Gasteiger partial charge in [0.05, 0.1) is 0 Å².